The average molecular weight is 390 g/mol. The number of anilines is 1. The molecular formula is C17H18ClF2NO3S. The summed E-state index contributed by atoms with van der Waals surface area (Å²) in [6.45, 7) is 1.80. The van der Waals surface area contributed by atoms with Gasteiger partial charge in [0.1, 0.15) is 11.8 Å². The van der Waals surface area contributed by atoms with Crippen LogP contribution in [0.15, 0.2) is 53.4 Å². The highest BCUT2D eigenvalue weighted by atomic mass is 35.5. The number of ether oxygens (including phenoxy) is 1. The third-order valence-electron chi connectivity index (χ3n) is 3.59. The maximum Gasteiger partial charge on any atom is 0.342 e. The molecule has 0 aliphatic carbocycles. The highest BCUT2D eigenvalue weighted by Gasteiger charge is 2.40. The van der Waals surface area contributed by atoms with Crippen molar-refractivity contribution in [3.63, 3.8) is 0 Å². The van der Waals surface area contributed by atoms with Crippen molar-refractivity contribution in [3.05, 3.63) is 54.1 Å². The monoisotopic (exact) mass is 389 g/mol. The molecule has 0 amide bonds. The third kappa shape index (κ3) is 5.31. The number of methoxy groups -OCH3 is 1. The number of aryl methyl sites for hydroxylation is 1. The van der Waals surface area contributed by atoms with Gasteiger partial charge in [0, 0.05) is 5.69 Å². The van der Waals surface area contributed by atoms with Gasteiger partial charge in [-0.25, -0.2) is 8.42 Å². The Morgan fingerprint density at radius 2 is 1.68 bits per heavy atom. The summed E-state index contributed by atoms with van der Waals surface area (Å²) in [6, 6.07) is 10.4. The van der Waals surface area contributed by atoms with Gasteiger partial charge in [-0.3, -0.25) is 0 Å². The van der Waals surface area contributed by atoms with E-state index in [1.54, 1.807) is 31.2 Å². The average Bonchev–Trinajstić information content (AvgIpc) is 2.54. The van der Waals surface area contributed by atoms with Gasteiger partial charge in [-0.05, 0) is 54.9 Å². The fourth-order valence-corrected chi connectivity index (χ4v) is 3.87. The lowest BCUT2D eigenvalue weighted by atomic mass is 10.2. The van der Waals surface area contributed by atoms with Crippen LogP contribution in [0.2, 0.25) is 0 Å². The van der Waals surface area contributed by atoms with Crippen LogP contribution in [0.5, 0.6) is 5.75 Å². The Bertz CT molecular complexity index is 803. The van der Waals surface area contributed by atoms with Crippen molar-refractivity contribution >= 4 is 27.1 Å². The highest BCUT2D eigenvalue weighted by molar-refractivity contribution is 7.91. The van der Waals surface area contributed by atoms with E-state index in [9.17, 15) is 17.2 Å². The summed E-state index contributed by atoms with van der Waals surface area (Å²) in [5, 5.41) is -1.26. The molecule has 0 fully saturated rings. The van der Waals surface area contributed by atoms with Gasteiger partial charge < -0.3 is 10.1 Å². The number of sulfone groups is 1. The number of rotatable bonds is 7. The predicted molar refractivity (Wildman–Crippen MR) is 94.4 cm³/mol. The molecule has 1 N–H and O–H groups in total. The van der Waals surface area contributed by atoms with Crippen LogP contribution >= 0.6 is 11.6 Å². The zero-order chi connectivity index (χ0) is 18.7. The molecule has 1 atom stereocenters. The van der Waals surface area contributed by atoms with Gasteiger partial charge in [0.2, 0.25) is 0 Å². The first-order chi connectivity index (χ1) is 11.6. The smallest absolute Gasteiger partial charge is 0.342 e. The molecule has 0 aromatic heterocycles. The number of nitrogens with one attached hydrogen (secondary N) is 1. The number of alkyl halides is 3. The second-order valence-corrected chi connectivity index (χ2v) is 8.10. The van der Waals surface area contributed by atoms with Crippen LogP contribution < -0.4 is 10.1 Å². The van der Waals surface area contributed by atoms with E-state index in [-0.39, 0.29) is 4.90 Å². The fourth-order valence-electron chi connectivity index (χ4n) is 2.17. The molecule has 0 bridgehead atoms. The number of benzene rings is 2. The molecule has 4 nitrogen and oxygen atoms in total. The van der Waals surface area contributed by atoms with Gasteiger partial charge in [-0.15, -0.1) is 0 Å². The standard InChI is InChI=1S/C17H18ClF2NO3S/c1-12-3-9-15(10-4-12)25(22,23)11-16(17(18,19)20)21-13-5-7-14(24-2)8-6-13/h3-10,16,21H,11H2,1-2H3/t16-/m0/s1. The molecular weight excluding hydrogens is 372 g/mol. The lowest BCUT2D eigenvalue weighted by Gasteiger charge is -2.24. The zero-order valence-corrected chi connectivity index (χ0v) is 15.2. The normalized spacial score (nSPS) is 13.3. The Labute approximate surface area is 150 Å². The molecule has 25 heavy (non-hydrogen) atoms. The van der Waals surface area contributed by atoms with E-state index in [4.69, 9.17) is 16.3 Å². The summed E-state index contributed by atoms with van der Waals surface area (Å²) in [5.74, 6) is -0.300. The van der Waals surface area contributed by atoms with Gasteiger partial charge in [0.15, 0.2) is 9.84 Å². The van der Waals surface area contributed by atoms with Gasteiger partial charge in [-0.1, -0.05) is 17.7 Å². The molecule has 0 saturated carbocycles. The van der Waals surface area contributed by atoms with E-state index in [1.807, 2.05) is 0 Å². The number of hydrogen-bond donors (Lipinski definition) is 1. The van der Waals surface area contributed by atoms with Crippen molar-refractivity contribution in [1.29, 1.82) is 0 Å². The molecule has 2 rings (SSSR count). The number of halogens is 3. The topological polar surface area (TPSA) is 55.4 Å². The van der Waals surface area contributed by atoms with E-state index in [2.05, 4.69) is 5.32 Å². The summed E-state index contributed by atoms with van der Waals surface area (Å²) in [7, 11) is -2.47. The van der Waals surface area contributed by atoms with Crippen LogP contribution in [0.25, 0.3) is 0 Å². The van der Waals surface area contributed by atoms with Crippen LogP contribution in [-0.2, 0) is 9.84 Å². The van der Waals surface area contributed by atoms with Gasteiger partial charge in [0.05, 0.1) is 17.8 Å². The minimum Gasteiger partial charge on any atom is -0.497 e. The lowest BCUT2D eigenvalue weighted by molar-refractivity contribution is 0.0804. The first-order valence-corrected chi connectivity index (χ1v) is 9.41. The lowest BCUT2D eigenvalue weighted by Crippen LogP contribution is -2.41. The highest BCUT2D eigenvalue weighted by Crippen LogP contribution is 2.29. The van der Waals surface area contributed by atoms with Crippen LogP contribution in [0.3, 0.4) is 0 Å². The molecule has 136 valence electrons. The molecule has 0 heterocycles. The summed E-state index contributed by atoms with van der Waals surface area (Å²) in [6.07, 6.45) is 0. The largest absolute Gasteiger partial charge is 0.497 e. The maximum absolute atomic E-state index is 13.7. The van der Waals surface area contributed by atoms with Crippen LogP contribution in [0.4, 0.5) is 14.5 Å². The summed E-state index contributed by atoms with van der Waals surface area (Å²) < 4.78 is 57.4. The Balaban J connectivity index is 2.23. The van der Waals surface area contributed by atoms with E-state index < -0.39 is 27.0 Å². The van der Waals surface area contributed by atoms with Crippen LogP contribution in [0.1, 0.15) is 5.56 Å². The summed E-state index contributed by atoms with van der Waals surface area (Å²) in [5.41, 5.74) is 1.18. The predicted octanol–water partition coefficient (Wildman–Crippen LogP) is 4.09. The van der Waals surface area contributed by atoms with Crippen molar-refractivity contribution in [2.75, 3.05) is 18.2 Å². The van der Waals surface area contributed by atoms with E-state index >= 15 is 0 Å². The molecule has 0 aliphatic heterocycles. The van der Waals surface area contributed by atoms with Crippen molar-refractivity contribution in [2.45, 2.75) is 23.2 Å². The Morgan fingerprint density at radius 3 is 2.16 bits per heavy atom. The van der Waals surface area contributed by atoms with Crippen molar-refractivity contribution in [1.82, 2.24) is 0 Å². The first-order valence-electron chi connectivity index (χ1n) is 7.38. The molecule has 2 aromatic rings. The minimum absolute atomic E-state index is 0.0273. The van der Waals surface area contributed by atoms with Crippen molar-refractivity contribution < 1.29 is 21.9 Å². The van der Waals surface area contributed by atoms with E-state index in [1.165, 1.54) is 31.4 Å². The number of hydrogen-bond acceptors (Lipinski definition) is 4. The zero-order valence-electron chi connectivity index (χ0n) is 13.7. The summed E-state index contributed by atoms with van der Waals surface area (Å²) >= 11 is 5.14. The molecule has 0 unspecified atom stereocenters. The molecule has 0 aliphatic rings. The Kier molecular flexibility index (Phi) is 5.90. The van der Waals surface area contributed by atoms with Gasteiger partial charge in [0.25, 0.3) is 0 Å². The van der Waals surface area contributed by atoms with Crippen LogP contribution in [-0.4, -0.2) is 32.7 Å². The Hall–Kier alpha value is -1.86. The SMILES string of the molecule is COc1ccc(N[C@@H](CS(=O)(=O)c2ccc(C)cc2)C(F)(F)Cl)cc1. The van der Waals surface area contributed by atoms with Crippen LogP contribution in [0, 0.1) is 6.92 Å². The van der Waals surface area contributed by atoms with Gasteiger partial charge in [-0.2, -0.15) is 8.78 Å². The van der Waals surface area contributed by atoms with Gasteiger partial charge >= 0.3 is 5.38 Å². The molecule has 0 radical (unpaired) electrons. The maximum atomic E-state index is 13.7. The minimum atomic E-state index is -3.94. The quantitative estimate of drug-likeness (QED) is 0.725. The molecule has 8 heteroatoms. The summed E-state index contributed by atoms with van der Waals surface area (Å²) in [4.78, 5) is -0.0273. The van der Waals surface area contributed by atoms with Crippen molar-refractivity contribution in [2.24, 2.45) is 0 Å². The first kappa shape index (κ1) is 19.5. The fraction of sp³-hybridized carbons (Fsp3) is 0.294. The van der Waals surface area contributed by atoms with Crippen molar-refractivity contribution in [3.8, 4) is 5.75 Å². The van der Waals surface area contributed by atoms with E-state index in [0.717, 1.165) is 5.56 Å². The van der Waals surface area contributed by atoms with E-state index in [0.29, 0.717) is 11.4 Å². The molecule has 0 saturated heterocycles. The molecule has 2 aromatic carbocycles. The Morgan fingerprint density at radius 1 is 1.12 bits per heavy atom. The third-order valence-corrected chi connectivity index (χ3v) is 5.62. The molecule has 0 spiro atoms. The second kappa shape index (κ2) is 7.58. The second-order valence-electron chi connectivity index (χ2n) is 5.56.